The molecule has 0 spiro atoms. The molecule has 3 aromatic rings. The molecule has 0 aliphatic rings. The van der Waals surface area contributed by atoms with Crippen molar-refractivity contribution in [1.82, 2.24) is 10.4 Å². The standard InChI is InChI=1S/C17H11ClFN3O2/c18-14-8-11(3-5-15(14)19)16-6-4-13(24-16)10-21-22-17(23)12-2-1-7-20-9-12/h1-10H,(H,22,23)/b21-10+. The number of furan rings is 1. The predicted molar refractivity (Wildman–Crippen MR) is 88.4 cm³/mol. The summed E-state index contributed by atoms with van der Waals surface area (Å²) in [5, 5.41) is 3.84. The molecule has 120 valence electrons. The Morgan fingerprint density at radius 2 is 2.17 bits per heavy atom. The molecule has 2 heterocycles. The van der Waals surface area contributed by atoms with Gasteiger partial charge in [-0.25, -0.2) is 9.82 Å². The maximum Gasteiger partial charge on any atom is 0.272 e. The van der Waals surface area contributed by atoms with Crippen LogP contribution >= 0.6 is 11.6 Å². The van der Waals surface area contributed by atoms with Crippen molar-refractivity contribution in [2.24, 2.45) is 5.10 Å². The normalized spacial score (nSPS) is 10.9. The fourth-order valence-corrected chi connectivity index (χ4v) is 2.12. The zero-order valence-electron chi connectivity index (χ0n) is 12.2. The van der Waals surface area contributed by atoms with Crippen LogP contribution in [0.15, 0.2) is 64.4 Å². The maximum atomic E-state index is 13.2. The smallest absolute Gasteiger partial charge is 0.272 e. The van der Waals surface area contributed by atoms with Crippen LogP contribution in [-0.2, 0) is 0 Å². The van der Waals surface area contributed by atoms with Crippen LogP contribution in [0.1, 0.15) is 16.1 Å². The summed E-state index contributed by atoms with van der Waals surface area (Å²) in [7, 11) is 0. The van der Waals surface area contributed by atoms with Gasteiger partial charge in [0, 0.05) is 18.0 Å². The second-order valence-electron chi connectivity index (χ2n) is 4.77. The minimum Gasteiger partial charge on any atom is -0.455 e. The van der Waals surface area contributed by atoms with Crippen molar-refractivity contribution in [3.8, 4) is 11.3 Å². The molecule has 0 fully saturated rings. The third-order valence-corrected chi connectivity index (χ3v) is 3.40. The maximum absolute atomic E-state index is 13.2. The topological polar surface area (TPSA) is 67.5 Å². The number of hydrogen-bond donors (Lipinski definition) is 1. The van der Waals surface area contributed by atoms with Crippen molar-refractivity contribution in [3.63, 3.8) is 0 Å². The van der Waals surface area contributed by atoms with Crippen LogP contribution in [0.2, 0.25) is 5.02 Å². The van der Waals surface area contributed by atoms with Crippen LogP contribution in [0.25, 0.3) is 11.3 Å². The molecule has 5 nitrogen and oxygen atoms in total. The first kappa shape index (κ1) is 15.9. The van der Waals surface area contributed by atoms with E-state index in [-0.39, 0.29) is 10.9 Å². The Hall–Kier alpha value is -2.99. The van der Waals surface area contributed by atoms with Gasteiger partial charge in [0.1, 0.15) is 17.3 Å². The Morgan fingerprint density at radius 1 is 1.29 bits per heavy atom. The van der Waals surface area contributed by atoms with Crippen LogP contribution in [0.5, 0.6) is 0 Å². The minimum atomic E-state index is -0.494. The molecule has 1 aromatic carbocycles. The summed E-state index contributed by atoms with van der Waals surface area (Å²) in [5.74, 6) is 0.0668. The Morgan fingerprint density at radius 3 is 2.92 bits per heavy atom. The lowest BCUT2D eigenvalue weighted by Crippen LogP contribution is -2.17. The molecule has 0 saturated carbocycles. The third kappa shape index (κ3) is 3.67. The molecule has 0 atom stereocenters. The molecule has 1 amide bonds. The molecule has 7 heteroatoms. The fraction of sp³-hybridized carbons (Fsp3) is 0. The van der Waals surface area contributed by atoms with Gasteiger partial charge >= 0.3 is 0 Å². The minimum absolute atomic E-state index is 0.0165. The van der Waals surface area contributed by atoms with Crippen LogP contribution in [0, 0.1) is 5.82 Å². The molecule has 0 unspecified atom stereocenters. The molecule has 0 bridgehead atoms. The Kier molecular flexibility index (Phi) is 4.67. The molecule has 0 aliphatic heterocycles. The van der Waals surface area contributed by atoms with Crippen LogP contribution in [0.3, 0.4) is 0 Å². The van der Waals surface area contributed by atoms with E-state index in [0.29, 0.717) is 22.6 Å². The average molecular weight is 344 g/mol. The number of carbonyl (C=O) groups is 1. The number of halogens is 2. The Bertz CT molecular complexity index is 894. The van der Waals surface area contributed by atoms with Gasteiger partial charge in [0.05, 0.1) is 16.8 Å². The summed E-state index contributed by atoms with van der Waals surface area (Å²) in [4.78, 5) is 15.6. The van der Waals surface area contributed by atoms with Gasteiger partial charge < -0.3 is 4.42 Å². The van der Waals surface area contributed by atoms with E-state index >= 15 is 0 Å². The first-order chi connectivity index (χ1) is 11.6. The lowest BCUT2D eigenvalue weighted by atomic mass is 10.2. The molecule has 0 radical (unpaired) electrons. The highest BCUT2D eigenvalue weighted by Crippen LogP contribution is 2.26. The van der Waals surface area contributed by atoms with Gasteiger partial charge in [0.15, 0.2) is 0 Å². The second-order valence-corrected chi connectivity index (χ2v) is 5.18. The van der Waals surface area contributed by atoms with Crippen molar-refractivity contribution in [3.05, 3.63) is 77.0 Å². The summed E-state index contributed by atoms with van der Waals surface area (Å²) in [5.41, 5.74) is 3.41. The second kappa shape index (κ2) is 7.06. The van der Waals surface area contributed by atoms with E-state index < -0.39 is 5.82 Å². The van der Waals surface area contributed by atoms with Gasteiger partial charge in [-0.05, 0) is 42.5 Å². The number of hydrazone groups is 1. The molecule has 0 saturated heterocycles. The number of aromatic nitrogens is 1. The highest BCUT2D eigenvalue weighted by Gasteiger charge is 2.07. The van der Waals surface area contributed by atoms with E-state index in [1.165, 1.54) is 24.5 Å². The molecular formula is C17H11ClFN3O2. The fourth-order valence-electron chi connectivity index (χ4n) is 1.94. The average Bonchev–Trinajstić information content (AvgIpc) is 3.07. The van der Waals surface area contributed by atoms with Gasteiger partial charge in [0.25, 0.3) is 5.91 Å². The number of carbonyl (C=O) groups excluding carboxylic acids is 1. The highest BCUT2D eigenvalue weighted by atomic mass is 35.5. The summed E-state index contributed by atoms with van der Waals surface area (Å²) >= 11 is 5.75. The zero-order chi connectivity index (χ0) is 16.9. The summed E-state index contributed by atoms with van der Waals surface area (Å²) in [6.07, 6.45) is 4.38. The number of rotatable bonds is 4. The molecule has 24 heavy (non-hydrogen) atoms. The van der Waals surface area contributed by atoms with Gasteiger partial charge in [0.2, 0.25) is 0 Å². The van der Waals surface area contributed by atoms with E-state index in [2.05, 4.69) is 15.5 Å². The third-order valence-electron chi connectivity index (χ3n) is 3.11. The van der Waals surface area contributed by atoms with Crippen molar-refractivity contribution < 1.29 is 13.6 Å². The molecule has 1 N–H and O–H groups in total. The van der Waals surface area contributed by atoms with E-state index in [0.717, 1.165) is 0 Å². The largest absolute Gasteiger partial charge is 0.455 e. The summed E-state index contributed by atoms with van der Waals surface area (Å²) in [6, 6.07) is 11.0. The molecule has 0 aliphatic carbocycles. The quantitative estimate of drug-likeness (QED) is 0.577. The number of hydrogen-bond acceptors (Lipinski definition) is 4. The first-order valence-electron chi connectivity index (χ1n) is 6.92. The summed E-state index contributed by atoms with van der Waals surface area (Å²) in [6.45, 7) is 0. The molecular weight excluding hydrogens is 333 g/mol. The number of nitrogens with zero attached hydrogens (tertiary/aromatic N) is 2. The van der Waals surface area contributed by atoms with E-state index in [9.17, 15) is 9.18 Å². The van der Waals surface area contributed by atoms with Crippen LogP contribution in [0.4, 0.5) is 4.39 Å². The predicted octanol–water partition coefficient (Wildman–Crippen LogP) is 3.90. The molecule has 2 aromatic heterocycles. The van der Waals surface area contributed by atoms with Gasteiger partial charge in [-0.3, -0.25) is 9.78 Å². The van der Waals surface area contributed by atoms with Crippen molar-refractivity contribution in [2.45, 2.75) is 0 Å². The number of benzene rings is 1. The summed E-state index contributed by atoms with van der Waals surface area (Å²) < 4.78 is 18.7. The van der Waals surface area contributed by atoms with Crippen molar-refractivity contribution in [1.29, 1.82) is 0 Å². The lowest BCUT2D eigenvalue weighted by molar-refractivity contribution is 0.0954. The van der Waals surface area contributed by atoms with Crippen LogP contribution < -0.4 is 5.43 Å². The molecule has 3 rings (SSSR count). The monoisotopic (exact) mass is 343 g/mol. The lowest BCUT2D eigenvalue weighted by Gasteiger charge is -1.99. The zero-order valence-corrected chi connectivity index (χ0v) is 13.0. The van der Waals surface area contributed by atoms with Gasteiger partial charge in [-0.15, -0.1) is 0 Å². The number of pyridine rings is 1. The van der Waals surface area contributed by atoms with Crippen molar-refractivity contribution in [2.75, 3.05) is 0 Å². The van der Waals surface area contributed by atoms with Gasteiger partial charge in [-0.1, -0.05) is 11.6 Å². The van der Waals surface area contributed by atoms with E-state index in [1.807, 2.05) is 0 Å². The Balaban J connectivity index is 1.67. The SMILES string of the molecule is O=C(N/N=C/c1ccc(-c2ccc(F)c(Cl)c2)o1)c1cccnc1. The van der Waals surface area contributed by atoms with Gasteiger partial charge in [-0.2, -0.15) is 5.10 Å². The van der Waals surface area contributed by atoms with Crippen LogP contribution in [-0.4, -0.2) is 17.1 Å². The Labute approximate surface area is 141 Å². The first-order valence-corrected chi connectivity index (χ1v) is 7.30. The number of nitrogens with one attached hydrogen (secondary N) is 1. The van der Waals surface area contributed by atoms with Crippen molar-refractivity contribution >= 4 is 23.7 Å². The highest BCUT2D eigenvalue weighted by molar-refractivity contribution is 6.31. The van der Waals surface area contributed by atoms with E-state index in [1.54, 1.807) is 36.5 Å². The van der Waals surface area contributed by atoms with E-state index in [4.69, 9.17) is 16.0 Å². The number of amides is 1.